The topological polar surface area (TPSA) is 122 Å². The van der Waals surface area contributed by atoms with Crippen molar-refractivity contribution in [1.82, 2.24) is 35.4 Å². The third kappa shape index (κ3) is 5.14. The smallest absolute Gasteiger partial charge is 0.306 e. The number of hydrogen-bond donors (Lipinski definition) is 2. The molecule has 0 aliphatic carbocycles. The molecule has 0 saturated heterocycles. The number of nitrogens with one attached hydrogen (secondary N) is 1. The molecule has 9 nitrogen and oxygen atoms in total. The van der Waals surface area contributed by atoms with E-state index in [1.165, 1.54) is 6.33 Å². The van der Waals surface area contributed by atoms with Gasteiger partial charge in [-0.25, -0.2) is 14.8 Å². The van der Waals surface area contributed by atoms with Crippen molar-refractivity contribution in [2.45, 2.75) is 39.7 Å². The van der Waals surface area contributed by atoms with Crippen molar-refractivity contribution in [3.05, 3.63) is 66.2 Å². The van der Waals surface area contributed by atoms with E-state index >= 15 is 0 Å². The Kier molecular flexibility index (Phi) is 6.87. The highest BCUT2D eigenvalue weighted by molar-refractivity contribution is 5.80. The molecule has 2 aromatic carbocycles. The van der Waals surface area contributed by atoms with Crippen molar-refractivity contribution in [3.8, 4) is 22.5 Å². The van der Waals surface area contributed by atoms with Crippen molar-refractivity contribution in [3.63, 3.8) is 0 Å². The first-order valence-corrected chi connectivity index (χ1v) is 11.1. The fraction of sp³-hybridized carbons (Fsp3) is 0.333. The molecule has 4 rings (SSSR count). The van der Waals surface area contributed by atoms with Crippen molar-refractivity contribution in [1.29, 1.82) is 0 Å². The summed E-state index contributed by atoms with van der Waals surface area (Å²) < 4.78 is 1.85. The van der Waals surface area contributed by atoms with Crippen LogP contribution in [0.25, 0.3) is 22.5 Å². The summed E-state index contributed by atoms with van der Waals surface area (Å²) in [6, 6.07) is 16.2. The SMILES string of the molecule is CCC(C)C(CCc1ncnn1Cc1ccc(-c2ccccc2-c2nnn[nH]2)cc1)C(=O)O. The van der Waals surface area contributed by atoms with Crippen LogP contribution >= 0.6 is 0 Å². The van der Waals surface area contributed by atoms with E-state index in [0.29, 0.717) is 25.2 Å². The van der Waals surface area contributed by atoms with E-state index < -0.39 is 5.97 Å². The third-order valence-electron chi connectivity index (χ3n) is 6.15. The third-order valence-corrected chi connectivity index (χ3v) is 6.15. The molecule has 2 aromatic heterocycles. The molecule has 4 aromatic rings. The molecular weight excluding hydrogens is 418 g/mol. The first-order valence-electron chi connectivity index (χ1n) is 11.1. The molecule has 2 atom stereocenters. The quantitative estimate of drug-likeness (QED) is 0.380. The number of H-pyrrole nitrogens is 1. The van der Waals surface area contributed by atoms with Crippen LogP contribution in [0.15, 0.2) is 54.9 Å². The number of aryl methyl sites for hydroxylation is 1. The lowest BCUT2D eigenvalue weighted by atomic mass is 9.88. The van der Waals surface area contributed by atoms with Crippen LogP contribution in [0.2, 0.25) is 0 Å². The Balaban J connectivity index is 1.47. The van der Waals surface area contributed by atoms with Gasteiger partial charge in [-0.2, -0.15) is 5.10 Å². The van der Waals surface area contributed by atoms with Gasteiger partial charge in [0.2, 0.25) is 0 Å². The van der Waals surface area contributed by atoms with Gasteiger partial charge in [0.15, 0.2) is 5.82 Å². The molecule has 0 aliphatic heterocycles. The summed E-state index contributed by atoms with van der Waals surface area (Å²) in [6.07, 6.45) is 3.50. The Morgan fingerprint density at radius 1 is 1.12 bits per heavy atom. The number of aliphatic carboxylic acids is 1. The highest BCUT2D eigenvalue weighted by atomic mass is 16.4. The summed E-state index contributed by atoms with van der Waals surface area (Å²) in [5.41, 5.74) is 4.11. The molecule has 0 amide bonds. The van der Waals surface area contributed by atoms with E-state index in [1.807, 2.05) is 42.8 Å². The summed E-state index contributed by atoms with van der Waals surface area (Å²) in [5.74, 6) is 0.435. The fourth-order valence-electron chi connectivity index (χ4n) is 4.01. The Morgan fingerprint density at radius 2 is 1.88 bits per heavy atom. The summed E-state index contributed by atoms with van der Waals surface area (Å²) >= 11 is 0. The lowest BCUT2D eigenvalue weighted by Crippen LogP contribution is -2.22. The number of aromatic nitrogens is 7. The molecule has 33 heavy (non-hydrogen) atoms. The van der Waals surface area contributed by atoms with Crippen LogP contribution in [0.3, 0.4) is 0 Å². The molecule has 2 heterocycles. The number of nitrogens with zero attached hydrogens (tertiary/aromatic N) is 6. The highest BCUT2D eigenvalue weighted by Gasteiger charge is 2.24. The predicted octanol–water partition coefficient (Wildman–Crippen LogP) is 3.85. The number of carbonyl (C=O) groups is 1. The van der Waals surface area contributed by atoms with Crippen molar-refractivity contribution in [2.24, 2.45) is 11.8 Å². The van der Waals surface area contributed by atoms with E-state index in [2.05, 4.69) is 55.0 Å². The zero-order valence-electron chi connectivity index (χ0n) is 18.7. The van der Waals surface area contributed by atoms with Gasteiger partial charge in [-0.1, -0.05) is 68.8 Å². The van der Waals surface area contributed by atoms with Gasteiger partial charge in [-0.05, 0) is 39.5 Å². The Morgan fingerprint density at radius 3 is 2.55 bits per heavy atom. The van der Waals surface area contributed by atoms with Crippen LogP contribution in [0.1, 0.15) is 38.1 Å². The number of benzene rings is 2. The second-order valence-corrected chi connectivity index (χ2v) is 8.20. The van der Waals surface area contributed by atoms with Gasteiger partial charge in [0, 0.05) is 12.0 Å². The van der Waals surface area contributed by atoms with Gasteiger partial charge >= 0.3 is 5.97 Å². The van der Waals surface area contributed by atoms with Crippen molar-refractivity contribution < 1.29 is 9.90 Å². The number of carboxylic acid groups (broad SMARTS) is 1. The summed E-state index contributed by atoms with van der Waals surface area (Å²) in [4.78, 5) is 16.0. The number of carboxylic acids is 1. The molecule has 0 fully saturated rings. The molecule has 0 bridgehead atoms. The molecule has 0 saturated carbocycles. The van der Waals surface area contributed by atoms with Gasteiger partial charge in [-0.15, -0.1) is 5.10 Å². The average molecular weight is 446 g/mol. The zero-order chi connectivity index (χ0) is 23.2. The average Bonchev–Trinajstić information content (AvgIpc) is 3.52. The van der Waals surface area contributed by atoms with Crippen molar-refractivity contribution >= 4 is 5.97 Å². The first-order chi connectivity index (χ1) is 16.1. The maximum Gasteiger partial charge on any atom is 0.306 e. The normalized spacial score (nSPS) is 13.0. The Bertz CT molecular complexity index is 1190. The number of hydrogen-bond acceptors (Lipinski definition) is 6. The monoisotopic (exact) mass is 445 g/mol. The van der Waals surface area contributed by atoms with Crippen LogP contribution in [-0.4, -0.2) is 46.5 Å². The Labute approximate surface area is 191 Å². The second kappa shape index (κ2) is 10.2. The number of rotatable bonds is 10. The summed E-state index contributed by atoms with van der Waals surface area (Å²) in [6.45, 7) is 4.58. The standard InChI is InChI=1S/C24H27N7O2/c1-3-16(2)19(24(32)33)12-13-22-25-15-26-31(22)14-17-8-10-18(11-9-17)20-6-4-5-7-21(20)23-27-29-30-28-23/h4-11,15-16,19H,3,12-14H2,1-2H3,(H,32,33)(H,27,28,29,30). The molecule has 9 heteroatoms. The fourth-order valence-corrected chi connectivity index (χ4v) is 4.01. The minimum Gasteiger partial charge on any atom is -0.481 e. The molecular formula is C24H27N7O2. The van der Waals surface area contributed by atoms with E-state index in [1.54, 1.807) is 0 Å². The van der Waals surface area contributed by atoms with Gasteiger partial charge in [0.1, 0.15) is 12.2 Å². The number of aromatic amines is 1. The zero-order valence-corrected chi connectivity index (χ0v) is 18.7. The molecule has 0 radical (unpaired) electrons. The van der Waals surface area contributed by atoms with Crippen LogP contribution in [-0.2, 0) is 17.8 Å². The minimum absolute atomic E-state index is 0.127. The van der Waals surface area contributed by atoms with Crippen molar-refractivity contribution in [2.75, 3.05) is 0 Å². The largest absolute Gasteiger partial charge is 0.481 e. The lowest BCUT2D eigenvalue weighted by Gasteiger charge is -2.18. The van der Waals surface area contributed by atoms with Gasteiger partial charge in [0.25, 0.3) is 0 Å². The van der Waals surface area contributed by atoms with Gasteiger partial charge in [0.05, 0.1) is 12.5 Å². The van der Waals surface area contributed by atoms with Crippen LogP contribution in [0, 0.1) is 11.8 Å². The van der Waals surface area contributed by atoms with Crippen LogP contribution in [0.5, 0.6) is 0 Å². The first kappa shape index (κ1) is 22.3. The molecule has 0 aliphatic rings. The molecule has 2 N–H and O–H groups in total. The predicted molar refractivity (Wildman–Crippen MR) is 123 cm³/mol. The van der Waals surface area contributed by atoms with E-state index in [0.717, 1.165) is 34.5 Å². The van der Waals surface area contributed by atoms with Crippen LogP contribution < -0.4 is 0 Å². The molecule has 2 unspecified atom stereocenters. The molecule has 0 spiro atoms. The van der Waals surface area contributed by atoms with E-state index in [9.17, 15) is 9.90 Å². The number of tetrazole rings is 1. The van der Waals surface area contributed by atoms with E-state index in [4.69, 9.17) is 0 Å². The van der Waals surface area contributed by atoms with Gasteiger partial charge in [-0.3, -0.25) is 4.79 Å². The maximum atomic E-state index is 11.6. The highest BCUT2D eigenvalue weighted by Crippen LogP contribution is 2.30. The van der Waals surface area contributed by atoms with Crippen LogP contribution in [0.4, 0.5) is 0 Å². The van der Waals surface area contributed by atoms with E-state index in [-0.39, 0.29) is 11.8 Å². The van der Waals surface area contributed by atoms with Gasteiger partial charge < -0.3 is 5.11 Å². The maximum absolute atomic E-state index is 11.6. The minimum atomic E-state index is -0.743. The Hall–Kier alpha value is -3.88. The molecule has 170 valence electrons. The second-order valence-electron chi connectivity index (χ2n) is 8.20. The summed E-state index contributed by atoms with van der Waals surface area (Å²) in [5, 5.41) is 28.1. The summed E-state index contributed by atoms with van der Waals surface area (Å²) in [7, 11) is 0. The lowest BCUT2D eigenvalue weighted by molar-refractivity contribution is -0.143.